The smallest absolute Gasteiger partial charge is 0.326 e. The lowest BCUT2D eigenvalue weighted by Crippen LogP contribution is -2.49. The van der Waals surface area contributed by atoms with E-state index in [1.54, 1.807) is 4.90 Å². The monoisotopic (exact) mass is 398 g/mol. The van der Waals surface area contributed by atoms with Crippen molar-refractivity contribution in [3.05, 3.63) is 0 Å². The zero-order valence-electron chi connectivity index (χ0n) is 15.2. The number of amides is 2. The lowest BCUT2D eigenvalue weighted by Gasteiger charge is -2.34. The fourth-order valence-corrected chi connectivity index (χ4v) is 7.21. The molecule has 5 atom stereocenters. The Balaban J connectivity index is 1.50. The van der Waals surface area contributed by atoms with E-state index < -0.39 is 27.8 Å². The number of carboxylic acids is 1. The van der Waals surface area contributed by atoms with Crippen molar-refractivity contribution in [3.63, 3.8) is 0 Å². The maximum atomic E-state index is 13.2. The normalized spacial score (nSPS) is 38.2. The van der Waals surface area contributed by atoms with Crippen LogP contribution in [-0.4, -0.2) is 77.3 Å². The third-order valence-electron chi connectivity index (χ3n) is 6.78. The zero-order valence-corrected chi connectivity index (χ0v) is 16.1. The summed E-state index contributed by atoms with van der Waals surface area (Å²) in [5.41, 5.74) is 0. The van der Waals surface area contributed by atoms with E-state index in [1.165, 1.54) is 4.90 Å². The van der Waals surface area contributed by atoms with E-state index in [9.17, 15) is 27.9 Å². The van der Waals surface area contributed by atoms with Crippen LogP contribution in [0.3, 0.4) is 0 Å². The molecule has 0 aromatic rings. The minimum absolute atomic E-state index is 0.0359. The van der Waals surface area contributed by atoms with Gasteiger partial charge in [0.15, 0.2) is 9.84 Å². The number of carbonyl (C=O) groups excluding carboxylic acids is 2. The Morgan fingerprint density at radius 1 is 1.11 bits per heavy atom. The fourth-order valence-electron chi connectivity index (χ4n) is 5.48. The summed E-state index contributed by atoms with van der Waals surface area (Å²) >= 11 is 0. The number of sulfone groups is 1. The summed E-state index contributed by atoms with van der Waals surface area (Å²) in [4.78, 5) is 40.5. The van der Waals surface area contributed by atoms with E-state index in [1.807, 2.05) is 0 Å². The van der Waals surface area contributed by atoms with Crippen LogP contribution >= 0.6 is 0 Å². The number of aliphatic carboxylic acids is 1. The Bertz CT molecular complexity index is 766. The van der Waals surface area contributed by atoms with Crippen LogP contribution in [0, 0.1) is 11.8 Å². The molecule has 3 heterocycles. The van der Waals surface area contributed by atoms with Gasteiger partial charge >= 0.3 is 5.97 Å². The summed E-state index contributed by atoms with van der Waals surface area (Å²) in [6, 6.07) is -1.19. The van der Waals surface area contributed by atoms with E-state index in [0.717, 1.165) is 25.7 Å². The van der Waals surface area contributed by atoms with Crippen molar-refractivity contribution in [2.24, 2.45) is 11.8 Å². The quantitative estimate of drug-likeness (QED) is 0.730. The maximum absolute atomic E-state index is 13.2. The summed E-state index contributed by atoms with van der Waals surface area (Å²) in [7, 11) is -3.11. The molecule has 1 N–H and O–H groups in total. The SMILES string of the molecule is O=C(O)C1CC2CCCCC2N1C(=O)C1CC(=O)N(C2CCS(=O)(=O)C2)C1. The van der Waals surface area contributed by atoms with Crippen LogP contribution in [0.4, 0.5) is 0 Å². The minimum atomic E-state index is -3.11. The highest BCUT2D eigenvalue weighted by Crippen LogP contribution is 2.41. The molecular formula is C18H26N2O6S. The largest absolute Gasteiger partial charge is 0.480 e. The molecule has 2 amide bonds. The van der Waals surface area contributed by atoms with Gasteiger partial charge in [0.05, 0.1) is 17.4 Å². The van der Waals surface area contributed by atoms with E-state index in [0.29, 0.717) is 12.8 Å². The molecule has 0 radical (unpaired) electrons. The van der Waals surface area contributed by atoms with Crippen molar-refractivity contribution in [2.45, 2.75) is 63.1 Å². The van der Waals surface area contributed by atoms with E-state index in [4.69, 9.17) is 0 Å². The molecule has 1 aliphatic carbocycles. The van der Waals surface area contributed by atoms with E-state index >= 15 is 0 Å². The molecule has 4 fully saturated rings. The average Bonchev–Trinajstić information content (AvgIpc) is 3.28. The zero-order chi connectivity index (χ0) is 19.3. The molecular weight excluding hydrogens is 372 g/mol. The number of likely N-dealkylation sites (tertiary alicyclic amines) is 2. The number of rotatable bonds is 3. The van der Waals surface area contributed by atoms with Gasteiger partial charge in [-0.3, -0.25) is 9.59 Å². The highest BCUT2D eigenvalue weighted by atomic mass is 32.2. The first-order valence-electron chi connectivity index (χ1n) is 9.81. The molecule has 3 aliphatic heterocycles. The minimum Gasteiger partial charge on any atom is -0.480 e. The first-order valence-corrected chi connectivity index (χ1v) is 11.6. The Kier molecular flexibility index (Phi) is 4.68. The maximum Gasteiger partial charge on any atom is 0.326 e. The van der Waals surface area contributed by atoms with Gasteiger partial charge in [-0.05, 0) is 31.6 Å². The summed E-state index contributed by atoms with van der Waals surface area (Å²) in [6.45, 7) is 0.206. The third-order valence-corrected chi connectivity index (χ3v) is 8.53. The van der Waals surface area contributed by atoms with Crippen molar-refractivity contribution in [1.29, 1.82) is 0 Å². The lowest BCUT2D eigenvalue weighted by molar-refractivity contribution is -0.151. The Morgan fingerprint density at radius 2 is 1.85 bits per heavy atom. The predicted octanol–water partition coefficient (Wildman–Crippen LogP) is 0.266. The molecule has 150 valence electrons. The molecule has 27 heavy (non-hydrogen) atoms. The van der Waals surface area contributed by atoms with E-state index in [-0.39, 0.29) is 54.3 Å². The molecule has 9 heteroatoms. The van der Waals surface area contributed by atoms with Crippen molar-refractivity contribution >= 4 is 27.6 Å². The van der Waals surface area contributed by atoms with Gasteiger partial charge in [0.25, 0.3) is 0 Å². The third kappa shape index (κ3) is 3.34. The predicted molar refractivity (Wildman–Crippen MR) is 95.5 cm³/mol. The molecule has 5 unspecified atom stereocenters. The van der Waals surface area contributed by atoms with Crippen molar-refractivity contribution in [1.82, 2.24) is 9.80 Å². The Morgan fingerprint density at radius 3 is 2.52 bits per heavy atom. The summed E-state index contributed by atoms with van der Waals surface area (Å²) in [5.74, 6) is -1.70. The molecule has 3 saturated heterocycles. The second-order valence-electron chi connectivity index (χ2n) is 8.45. The summed E-state index contributed by atoms with van der Waals surface area (Å²) in [6.07, 6.45) is 4.81. The van der Waals surface area contributed by atoms with Crippen molar-refractivity contribution in [3.8, 4) is 0 Å². The number of carbonyl (C=O) groups is 3. The molecule has 1 saturated carbocycles. The number of carboxylic acid groups (broad SMARTS) is 1. The molecule has 0 aromatic carbocycles. The van der Waals surface area contributed by atoms with Gasteiger partial charge in [-0.15, -0.1) is 0 Å². The van der Waals surface area contributed by atoms with Gasteiger partial charge in [0, 0.05) is 25.0 Å². The Labute approximate surface area is 158 Å². The molecule has 0 aromatic heterocycles. The van der Waals surface area contributed by atoms with E-state index in [2.05, 4.69) is 0 Å². The number of hydrogen-bond donors (Lipinski definition) is 1. The van der Waals surface area contributed by atoms with Crippen LogP contribution in [0.15, 0.2) is 0 Å². The van der Waals surface area contributed by atoms with Crippen LogP contribution in [-0.2, 0) is 24.2 Å². The van der Waals surface area contributed by atoms with Crippen LogP contribution in [0.1, 0.15) is 44.9 Å². The number of nitrogens with zero attached hydrogens (tertiary/aromatic N) is 2. The first-order chi connectivity index (χ1) is 12.8. The van der Waals surface area contributed by atoms with Gasteiger partial charge in [0.1, 0.15) is 6.04 Å². The van der Waals surface area contributed by atoms with Gasteiger partial charge in [-0.1, -0.05) is 12.8 Å². The standard InChI is InChI=1S/C18H26N2O6S/c21-16-8-12(9-19(16)13-5-6-27(25,26)10-13)17(22)20-14-4-2-1-3-11(14)7-15(20)18(23)24/h11-15H,1-10H2,(H,23,24). The summed E-state index contributed by atoms with van der Waals surface area (Å²) in [5, 5.41) is 9.62. The van der Waals surface area contributed by atoms with Crippen molar-refractivity contribution in [2.75, 3.05) is 18.1 Å². The highest BCUT2D eigenvalue weighted by molar-refractivity contribution is 7.91. The highest BCUT2D eigenvalue weighted by Gasteiger charge is 2.51. The Hall–Kier alpha value is -1.64. The second kappa shape index (κ2) is 6.76. The average molecular weight is 398 g/mol. The van der Waals surface area contributed by atoms with Gasteiger partial charge in [0.2, 0.25) is 11.8 Å². The van der Waals surface area contributed by atoms with Crippen molar-refractivity contribution < 1.29 is 27.9 Å². The molecule has 8 nitrogen and oxygen atoms in total. The molecule has 4 rings (SSSR count). The lowest BCUT2D eigenvalue weighted by atomic mass is 9.84. The van der Waals surface area contributed by atoms with Crippen LogP contribution in [0.25, 0.3) is 0 Å². The first kappa shape index (κ1) is 18.7. The molecule has 4 aliphatic rings. The van der Waals surface area contributed by atoms with Gasteiger partial charge < -0.3 is 14.9 Å². The van der Waals surface area contributed by atoms with Crippen LogP contribution < -0.4 is 0 Å². The fraction of sp³-hybridized carbons (Fsp3) is 0.833. The van der Waals surface area contributed by atoms with Crippen LogP contribution in [0.5, 0.6) is 0 Å². The molecule has 0 bridgehead atoms. The number of fused-ring (bicyclic) bond motifs is 1. The second-order valence-corrected chi connectivity index (χ2v) is 10.7. The topological polar surface area (TPSA) is 112 Å². The summed E-state index contributed by atoms with van der Waals surface area (Å²) < 4.78 is 23.5. The molecule has 0 spiro atoms. The number of hydrogen-bond acceptors (Lipinski definition) is 5. The van der Waals surface area contributed by atoms with Gasteiger partial charge in [-0.25, -0.2) is 13.2 Å². The van der Waals surface area contributed by atoms with Gasteiger partial charge in [-0.2, -0.15) is 0 Å². The van der Waals surface area contributed by atoms with Crippen LogP contribution in [0.2, 0.25) is 0 Å².